The second-order valence-electron chi connectivity index (χ2n) is 4.84. The van der Waals surface area contributed by atoms with Crippen LogP contribution in [0.2, 0.25) is 0 Å². The van der Waals surface area contributed by atoms with E-state index in [1.807, 2.05) is 0 Å². The highest BCUT2D eigenvalue weighted by molar-refractivity contribution is 7.88. The third-order valence-corrected chi connectivity index (χ3v) is 5.28. The minimum absolute atomic E-state index is 0.00961. The van der Waals surface area contributed by atoms with Crippen molar-refractivity contribution in [2.45, 2.75) is 24.7 Å². The monoisotopic (exact) mass is 284 g/mol. The van der Waals surface area contributed by atoms with Crippen molar-refractivity contribution >= 4 is 15.7 Å². The molecular formula is C13H20N2O3S. The molecule has 1 aromatic rings. The summed E-state index contributed by atoms with van der Waals surface area (Å²) in [6.07, 6.45) is 1.69. The van der Waals surface area contributed by atoms with Gasteiger partial charge in [-0.05, 0) is 30.5 Å². The highest BCUT2D eigenvalue weighted by Crippen LogP contribution is 2.19. The summed E-state index contributed by atoms with van der Waals surface area (Å²) in [6.45, 7) is 1.06. The SMILES string of the molecule is COC1CCN(S(=O)(=O)Cc2cccc(N)c2)CC1. The van der Waals surface area contributed by atoms with Crippen molar-refractivity contribution in [3.05, 3.63) is 29.8 Å². The average molecular weight is 284 g/mol. The van der Waals surface area contributed by atoms with Gasteiger partial charge in [0.05, 0.1) is 11.9 Å². The largest absolute Gasteiger partial charge is 0.399 e. The van der Waals surface area contributed by atoms with Crippen molar-refractivity contribution in [3.8, 4) is 0 Å². The Bertz CT molecular complexity index is 522. The number of hydrogen-bond donors (Lipinski definition) is 1. The van der Waals surface area contributed by atoms with Crippen LogP contribution >= 0.6 is 0 Å². The third-order valence-electron chi connectivity index (χ3n) is 3.43. The zero-order valence-corrected chi connectivity index (χ0v) is 11.9. The first-order chi connectivity index (χ1) is 9.01. The van der Waals surface area contributed by atoms with Gasteiger partial charge in [-0.1, -0.05) is 12.1 Å². The molecule has 0 unspecified atom stereocenters. The molecule has 0 spiro atoms. The summed E-state index contributed by atoms with van der Waals surface area (Å²) in [6, 6.07) is 7.02. The number of piperidine rings is 1. The van der Waals surface area contributed by atoms with Crippen LogP contribution in [0, 0.1) is 0 Å². The number of rotatable bonds is 4. The summed E-state index contributed by atoms with van der Waals surface area (Å²) in [4.78, 5) is 0. The minimum atomic E-state index is -3.26. The van der Waals surface area contributed by atoms with Gasteiger partial charge in [-0.2, -0.15) is 0 Å². The number of hydrogen-bond acceptors (Lipinski definition) is 4. The molecule has 0 bridgehead atoms. The molecule has 1 aromatic carbocycles. The molecule has 1 saturated heterocycles. The molecule has 0 atom stereocenters. The van der Waals surface area contributed by atoms with Gasteiger partial charge in [0, 0.05) is 25.9 Å². The van der Waals surface area contributed by atoms with E-state index in [0.29, 0.717) is 18.8 Å². The van der Waals surface area contributed by atoms with Crippen LogP contribution in [-0.4, -0.2) is 39.0 Å². The van der Waals surface area contributed by atoms with Crippen molar-refractivity contribution in [3.63, 3.8) is 0 Å². The van der Waals surface area contributed by atoms with Crippen LogP contribution in [0.4, 0.5) is 5.69 Å². The fourth-order valence-electron chi connectivity index (χ4n) is 2.33. The Morgan fingerprint density at radius 1 is 1.37 bits per heavy atom. The van der Waals surface area contributed by atoms with Crippen molar-refractivity contribution in [1.29, 1.82) is 0 Å². The summed E-state index contributed by atoms with van der Waals surface area (Å²) in [5.41, 5.74) is 6.99. The molecule has 1 heterocycles. The third kappa shape index (κ3) is 3.68. The molecule has 0 saturated carbocycles. The van der Waals surface area contributed by atoms with E-state index in [9.17, 15) is 8.42 Å². The van der Waals surface area contributed by atoms with E-state index in [2.05, 4.69) is 0 Å². The number of nitrogen functional groups attached to an aromatic ring is 1. The molecule has 5 nitrogen and oxygen atoms in total. The zero-order chi connectivity index (χ0) is 13.9. The van der Waals surface area contributed by atoms with Gasteiger partial charge in [-0.3, -0.25) is 0 Å². The topological polar surface area (TPSA) is 72.6 Å². The van der Waals surface area contributed by atoms with Crippen LogP contribution in [0.25, 0.3) is 0 Å². The first-order valence-electron chi connectivity index (χ1n) is 6.36. The van der Waals surface area contributed by atoms with Gasteiger partial charge in [0.15, 0.2) is 0 Å². The van der Waals surface area contributed by atoms with E-state index in [0.717, 1.165) is 18.4 Å². The standard InChI is InChI=1S/C13H20N2O3S/c1-18-13-5-7-15(8-6-13)19(16,17)10-11-3-2-4-12(14)9-11/h2-4,9,13H,5-8,10,14H2,1H3. The van der Waals surface area contributed by atoms with Crippen LogP contribution in [0.5, 0.6) is 0 Å². The molecule has 1 fully saturated rings. The molecule has 1 aliphatic heterocycles. The van der Waals surface area contributed by atoms with Gasteiger partial charge in [0.25, 0.3) is 0 Å². The summed E-state index contributed by atoms with van der Waals surface area (Å²) in [5, 5.41) is 0. The first kappa shape index (κ1) is 14.3. The normalized spacial score (nSPS) is 18.6. The van der Waals surface area contributed by atoms with Crippen LogP contribution in [0.15, 0.2) is 24.3 Å². The molecule has 0 aromatic heterocycles. The van der Waals surface area contributed by atoms with Crippen molar-refractivity contribution < 1.29 is 13.2 Å². The van der Waals surface area contributed by atoms with Crippen LogP contribution in [-0.2, 0) is 20.5 Å². The highest BCUT2D eigenvalue weighted by Gasteiger charge is 2.27. The molecule has 0 aliphatic carbocycles. The molecule has 19 heavy (non-hydrogen) atoms. The number of sulfonamides is 1. The number of nitrogens with two attached hydrogens (primary N) is 1. The van der Waals surface area contributed by atoms with Crippen LogP contribution in [0.1, 0.15) is 18.4 Å². The second kappa shape index (κ2) is 5.90. The maximum atomic E-state index is 12.3. The lowest BCUT2D eigenvalue weighted by molar-refractivity contribution is 0.0604. The minimum Gasteiger partial charge on any atom is -0.399 e. The summed E-state index contributed by atoms with van der Waals surface area (Å²) < 4.78 is 31.4. The van der Waals surface area contributed by atoms with E-state index in [4.69, 9.17) is 10.5 Å². The molecule has 1 aliphatic rings. The fraction of sp³-hybridized carbons (Fsp3) is 0.538. The molecule has 6 heteroatoms. The Balaban J connectivity index is 2.03. The molecule has 2 N–H and O–H groups in total. The second-order valence-corrected chi connectivity index (χ2v) is 6.80. The Kier molecular flexibility index (Phi) is 4.44. The van der Waals surface area contributed by atoms with Crippen LogP contribution < -0.4 is 5.73 Å². The Labute approximate surface area is 114 Å². The first-order valence-corrected chi connectivity index (χ1v) is 7.97. The van der Waals surface area contributed by atoms with Gasteiger partial charge in [-0.25, -0.2) is 12.7 Å². The molecular weight excluding hydrogens is 264 g/mol. The summed E-state index contributed by atoms with van der Waals surface area (Å²) >= 11 is 0. The Morgan fingerprint density at radius 2 is 2.05 bits per heavy atom. The molecule has 106 valence electrons. The Morgan fingerprint density at radius 3 is 2.63 bits per heavy atom. The quantitative estimate of drug-likeness (QED) is 0.844. The van der Waals surface area contributed by atoms with Gasteiger partial charge in [-0.15, -0.1) is 0 Å². The smallest absolute Gasteiger partial charge is 0.218 e. The molecule has 2 rings (SSSR count). The summed E-state index contributed by atoms with van der Waals surface area (Å²) in [7, 11) is -1.59. The number of nitrogens with zero attached hydrogens (tertiary/aromatic N) is 1. The number of anilines is 1. The lowest BCUT2D eigenvalue weighted by Crippen LogP contribution is -2.41. The van der Waals surface area contributed by atoms with E-state index in [1.54, 1.807) is 35.7 Å². The fourth-order valence-corrected chi connectivity index (χ4v) is 3.88. The van der Waals surface area contributed by atoms with E-state index in [1.165, 1.54) is 0 Å². The lowest BCUT2D eigenvalue weighted by atomic mass is 10.1. The zero-order valence-electron chi connectivity index (χ0n) is 11.1. The van der Waals surface area contributed by atoms with E-state index in [-0.39, 0.29) is 11.9 Å². The van der Waals surface area contributed by atoms with Crippen LogP contribution in [0.3, 0.4) is 0 Å². The predicted octanol–water partition coefficient (Wildman–Crippen LogP) is 1.21. The maximum Gasteiger partial charge on any atom is 0.218 e. The van der Waals surface area contributed by atoms with Crippen molar-refractivity contribution in [2.24, 2.45) is 0 Å². The van der Waals surface area contributed by atoms with Gasteiger partial charge >= 0.3 is 0 Å². The summed E-state index contributed by atoms with van der Waals surface area (Å²) in [5.74, 6) is 0.00961. The van der Waals surface area contributed by atoms with Gasteiger partial charge < -0.3 is 10.5 Å². The Hall–Kier alpha value is -1.11. The van der Waals surface area contributed by atoms with E-state index >= 15 is 0 Å². The van der Waals surface area contributed by atoms with Gasteiger partial charge in [0.1, 0.15) is 0 Å². The highest BCUT2D eigenvalue weighted by atomic mass is 32.2. The number of methoxy groups -OCH3 is 1. The predicted molar refractivity (Wildman–Crippen MR) is 75.1 cm³/mol. The van der Waals surface area contributed by atoms with Gasteiger partial charge in [0.2, 0.25) is 10.0 Å². The molecule has 0 radical (unpaired) electrons. The number of benzene rings is 1. The maximum absolute atomic E-state index is 12.3. The van der Waals surface area contributed by atoms with E-state index < -0.39 is 10.0 Å². The number of ether oxygens (including phenoxy) is 1. The molecule has 0 amide bonds. The van der Waals surface area contributed by atoms with Crippen molar-refractivity contribution in [1.82, 2.24) is 4.31 Å². The van der Waals surface area contributed by atoms with Crippen molar-refractivity contribution in [2.75, 3.05) is 25.9 Å². The lowest BCUT2D eigenvalue weighted by Gasteiger charge is -2.30. The average Bonchev–Trinajstić information content (AvgIpc) is 2.38.